The Kier molecular flexibility index (Phi) is 4.84. The highest BCUT2D eigenvalue weighted by atomic mass is 32.1. The van der Waals surface area contributed by atoms with Gasteiger partial charge in [-0.1, -0.05) is 12.1 Å². The second-order valence-corrected chi connectivity index (χ2v) is 6.95. The molecule has 0 aliphatic heterocycles. The van der Waals surface area contributed by atoms with Gasteiger partial charge in [0.05, 0.1) is 0 Å². The maximum atomic E-state index is 9.79. The minimum absolute atomic E-state index is 0.413. The van der Waals surface area contributed by atoms with Gasteiger partial charge in [0, 0.05) is 22.3 Å². The van der Waals surface area contributed by atoms with Gasteiger partial charge in [-0.05, 0) is 62.9 Å². The van der Waals surface area contributed by atoms with Gasteiger partial charge in [-0.3, -0.25) is 0 Å². The van der Waals surface area contributed by atoms with Crippen molar-refractivity contribution in [2.24, 2.45) is 0 Å². The van der Waals surface area contributed by atoms with Crippen LogP contribution < -0.4 is 5.32 Å². The summed E-state index contributed by atoms with van der Waals surface area (Å²) in [4.78, 5) is 2.80. The molecule has 2 N–H and O–H groups in total. The lowest BCUT2D eigenvalue weighted by Crippen LogP contribution is -2.27. The van der Waals surface area contributed by atoms with E-state index >= 15 is 0 Å². The summed E-state index contributed by atoms with van der Waals surface area (Å²) in [5.41, 5.74) is 3.12. The number of hydrogen-bond acceptors (Lipinski definition) is 3. The van der Waals surface area contributed by atoms with Gasteiger partial charge in [0.15, 0.2) is 0 Å². The molecule has 2 nitrogen and oxygen atoms in total. The van der Waals surface area contributed by atoms with Crippen LogP contribution in [0.25, 0.3) is 0 Å². The fraction of sp³-hybridized carbons (Fsp3) is 0.412. The topological polar surface area (TPSA) is 32.3 Å². The standard InChI is InChI=1S/C17H23NOS/c1-11-7-15(8-12(2)17(11)19)10-18-13(3)9-16-6-5-14(4)20-16/h5-8,13,18-19H,9-10H2,1-4H3. The van der Waals surface area contributed by atoms with Gasteiger partial charge in [-0.25, -0.2) is 0 Å². The van der Waals surface area contributed by atoms with E-state index in [4.69, 9.17) is 0 Å². The lowest BCUT2D eigenvalue weighted by atomic mass is 10.1. The van der Waals surface area contributed by atoms with Crippen molar-refractivity contribution in [3.63, 3.8) is 0 Å². The molecule has 0 amide bonds. The summed E-state index contributed by atoms with van der Waals surface area (Å²) in [5.74, 6) is 0.413. The molecule has 0 saturated heterocycles. The lowest BCUT2D eigenvalue weighted by Gasteiger charge is -2.14. The van der Waals surface area contributed by atoms with E-state index < -0.39 is 0 Å². The van der Waals surface area contributed by atoms with E-state index in [1.165, 1.54) is 15.3 Å². The van der Waals surface area contributed by atoms with Crippen molar-refractivity contribution in [3.8, 4) is 5.75 Å². The Morgan fingerprint density at radius 1 is 1.15 bits per heavy atom. The number of thiophene rings is 1. The highest BCUT2D eigenvalue weighted by molar-refractivity contribution is 7.11. The molecule has 0 aliphatic rings. The SMILES string of the molecule is Cc1ccc(CC(C)NCc2cc(C)c(O)c(C)c2)s1. The normalized spacial score (nSPS) is 12.6. The van der Waals surface area contributed by atoms with Crippen molar-refractivity contribution in [2.75, 3.05) is 0 Å². The Hall–Kier alpha value is -1.32. The van der Waals surface area contributed by atoms with Gasteiger partial charge in [0.25, 0.3) is 0 Å². The number of benzene rings is 1. The molecule has 0 saturated carbocycles. The molecular weight excluding hydrogens is 266 g/mol. The van der Waals surface area contributed by atoms with Crippen molar-refractivity contribution in [1.82, 2.24) is 5.32 Å². The van der Waals surface area contributed by atoms with Crippen LogP contribution in [0.1, 0.15) is 33.4 Å². The van der Waals surface area contributed by atoms with Crippen molar-refractivity contribution < 1.29 is 5.11 Å². The van der Waals surface area contributed by atoms with Gasteiger partial charge < -0.3 is 10.4 Å². The van der Waals surface area contributed by atoms with Crippen molar-refractivity contribution in [3.05, 3.63) is 50.7 Å². The average Bonchev–Trinajstić information content (AvgIpc) is 2.78. The van der Waals surface area contributed by atoms with Crippen LogP contribution in [-0.2, 0) is 13.0 Å². The first-order valence-corrected chi connectivity index (χ1v) is 7.85. The Morgan fingerprint density at radius 3 is 2.35 bits per heavy atom. The zero-order valence-electron chi connectivity index (χ0n) is 12.7. The van der Waals surface area contributed by atoms with Crippen LogP contribution in [0.2, 0.25) is 0 Å². The molecule has 0 fully saturated rings. The lowest BCUT2D eigenvalue weighted by molar-refractivity contribution is 0.466. The van der Waals surface area contributed by atoms with E-state index in [1.54, 1.807) is 0 Å². The Morgan fingerprint density at radius 2 is 1.80 bits per heavy atom. The molecule has 0 bridgehead atoms. The monoisotopic (exact) mass is 289 g/mol. The third-order valence-electron chi connectivity index (χ3n) is 3.51. The molecule has 0 radical (unpaired) electrons. The van der Waals surface area contributed by atoms with Crippen LogP contribution in [0.15, 0.2) is 24.3 Å². The maximum Gasteiger partial charge on any atom is 0.121 e. The first kappa shape index (κ1) is 15.1. The summed E-state index contributed by atoms with van der Waals surface area (Å²) < 4.78 is 0. The van der Waals surface area contributed by atoms with E-state index in [1.807, 2.05) is 25.2 Å². The molecule has 2 rings (SSSR count). The zero-order chi connectivity index (χ0) is 14.7. The van der Waals surface area contributed by atoms with Crippen molar-refractivity contribution in [2.45, 2.75) is 46.7 Å². The van der Waals surface area contributed by atoms with Crippen molar-refractivity contribution >= 4 is 11.3 Å². The van der Waals surface area contributed by atoms with Crippen LogP contribution in [-0.4, -0.2) is 11.1 Å². The number of phenols is 1. The molecule has 3 heteroatoms. The molecule has 0 spiro atoms. The molecule has 1 aromatic heterocycles. The Labute approximate surface area is 125 Å². The Bertz CT molecular complexity index is 565. The summed E-state index contributed by atoms with van der Waals surface area (Å²) in [6, 6.07) is 8.95. The van der Waals surface area contributed by atoms with E-state index in [2.05, 4.69) is 43.4 Å². The van der Waals surface area contributed by atoms with Gasteiger partial charge in [-0.15, -0.1) is 11.3 Å². The molecule has 2 aromatic rings. The Balaban J connectivity index is 1.91. The number of aryl methyl sites for hydroxylation is 3. The van der Waals surface area contributed by atoms with E-state index in [0.717, 1.165) is 24.1 Å². The summed E-state index contributed by atoms with van der Waals surface area (Å²) in [6.45, 7) is 9.10. The summed E-state index contributed by atoms with van der Waals surface area (Å²) in [5, 5.41) is 13.3. The van der Waals surface area contributed by atoms with E-state index in [0.29, 0.717) is 11.8 Å². The van der Waals surface area contributed by atoms with Gasteiger partial charge in [-0.2, -0.15) is 0 Å². The predicted molar refractivity (Wildman–Crippen MR) is 86.6 cm³/mol. The number of hydrogen-bond donors (Lipinski definition) is 2. The molecular formula is C17H23NOS. The highest BCUT2D eigenvalue weighted by Gasteiger charge is 2.07. The minimum atomic E-state index is 0.413. The number of nitrogens with one attached hydrogen (secondary N) is 1. The van der Waals surface area contributed by atoms with Gasteiger partial charge >= 0.3 is 0 Å². The smallest absolute Gasteiger partial charge is 0.121 e. The largest absolute Gasteiger partial charge is 0.507 e. The van der Waals surface area contributed by atoms with Crippen LogP contribution >= 0.6 is 11.3 Å². The van der Waals surface area contributed by atoms with Crippen LogP contribution in [0.5, 0.6) is 5.75 Å². The summed E-state index contributed by atoms with van der Waals surface area (Å²) in [7, 11) is 0. The molecule has 1 aromatic carbocycles. The quantitative estimate of drug-likeness (QED) is 0.868. The van der Waals surface area contributed by atoms with Crippen molar-refractivity contribution in [1.29, 1.82) is 0 Å². The number of rotatable bonds is 5. The molecule has 20 heavy (non-hydrogen) atoms. The zero-order valence-corrected chi connectivity index (χ0v) is 13.5. The molecule has 0 aliphatic carbocycles. The molecule has 1 atom stereocenters. The van der Waals surface area contributed by atoms with Crippen LogP contribution in [0, 0.1) is 20.8 Å². The summed E-state index contributed by atoms with van der Waals surface area (Å²) in [6.07, 6.45) is 1.06. The fourth-order valence-electron chi connectivity index (χ4n) is 2.41. The number of aromatic hydroxyl groups is 1. The van der Waals surface area contributed by atoms with E-state index in [-0.39, 0.29) is 0 Å². The molecule has 108 valence electrons. The summed E-state index contributed by atoms with van der Waals surface area (Å²) >= 11 is 1.87. The van der Waals surface area contributed by atoms with Gasteiger partial charge in [0.2, 0.25) is 0 Å². The van der Waals surface area contributed by atoms with Gasteiger partial charge in [0.1, 0.15) is 5.75 Å². The highest BCUT2D eigenvalue weighted by Crippen LogP contribution is 2.23. The average molecular weight is 289 g/mol. The predicted octanol–water partition coefficient (Wildman–Crippen LogP) is 4.10. The number of phenolic OH excluding ortho intramolecular Hbond substituents is 1. The minimum Gasteiger partial charge on any atom is -0.507 e. The second kappa shape index (κ2) is 6.42. The van der Waals surface area contributed by atoms with E-state index in [9.17, 15) is 5.11 Å². The third kappa shape index (κ3) is 3.84. The first-order valence-electron chi connectivity index (χ1n) is 7.03. The maximum absolute atomic E-state index is 9.79. The second-order valence-electron chi connectivity index (χ2n) is 5.58. The van der Waals surface area contributed by atoms with Crippen LogP contribution in [0.4, 0.5) is 0 Å². The third-order valence-corrected chi connectivity index (χ3v) is 4.53. The first-order chi connectivity index (χ1) is 9.45. The molecule has 1 unspecified atom stereocenters. The molecule has 1 heterocycles. The fourth-order valence-corrected chi connectivity index (χ4v) is 3.43. The van der Waals surface area contributed by atoms with Crippen LogP contribution in [0.3, 0.4) is 0 Å².